The highest BCUT2D eigenvalue weighted by Gasteiger charge is 2.34. The number of hydrogen-bond acceptors (Lipinski definition) is 4. The van der Waals surface area contributed by atoms with E-state index in [-0.39, 0.29) is 16.8 Å². The summed E-state index contributed by atoms with van der Waals surface area (Å²) in [5.41, 5.74) is 1.47. The van der Waals surface area contributed by atoms with Crippen LogP contribution in [0, 0.1) is 0 Å². The molecule has 1 unspecified atom stereocenters. The number of carbonyl (C=O) groups is 1. The van der Waals surface area contributed by atoms with E-state index in [0.717, 1.165) is 37.0 Å². The number of aromatic nitrogens is 1. The molecule has 8 heteroatoms. The van der Waals surface area contributed by atoms with E-state index >= 15 is 0 Å². The van der Waals surface area contributed by atoms with Gasteiger partial charge in [0, 0.05) is 32.9 Å². The van der Waals surface area contributed by atoms with Crippen LogP contribution in [0.15, 0.2) is 41.4 Å². The van der Waals surface area contributed by atoms with Crippen LogP contribution in [0.5, 0.6) is 5.75 Å². The molecule has 1 aromatic heterocycles. The second kappa shape index (κ2) is 7.84. The minimum atomic E-state index is -3.54. The molecule has 3 heterocycles. The van der Waals surface area contributed by atoms with E-state index in [1.807, 2.05) is 29.2 Å². The van der Waals surface area contributed by atoms with E-state index in [1.165, 1.54) is 10.4 Å². The number of likely N-dealkylation sites (tertiary alicyclic amines) is 1. The molecule has 4 rings (SSSR count). The van der Waals surface area contributed by atoms with Crippen molar-refractivity contribution in [2.24, 2.45) is 7.05 Å². The van der Waals surface area contributed by atoms with E-state index < -0.39 is 10.0 Å². The maximum absolute atomic E-state index is 13.3. The fourth-order valence-corrected chi connectivity index (χ4v) is 5.88. The Bertz CT molecular complexity index is 991. The zero-order valence-electron chi connectivity index (χ0n) is 16.9. The number of rotatable bonds is 5. The summed E-state index contributed by atoms with van der Waals surface area (Å²) in [6.07, 6.45) is 5.14. The smallest absolute Gasteiger partial charge is 0.271 e. The predicted octanol–water partition coefficient (Wildman–Crippen LogP) is 2.80. The zero-order valence-corrected chi connectivity index (χ0v) is 17.7. The molecule has 2 aliphatic rings. The topological polar surface area (TPSA) is 71.8 Å². The summed E-state index contributed by atoms with van der Waals surface area (Å²) in [6.45, 7) is 1.76. The van der Waals surface area contributed by atoms with E-state index in [4.69, 9.17) is 4.74 Å². The first-order valence-electron chi connectivity index (χ1n) is 10.0. The summed E-state index contributed by atoms with van der Waals surface area (Å²) in [6, 6.07) is 9.30. The number of carbonyl (C=O) groups excluding carboxylic acids is 1. The molecule has 2 aromatic rings. The Morgan fingerprint density at radius 1 is 1.07 bits per heavy atom. The highest BCUT2D eigenvalue weighted by Crippen LogP contribution is 2.34. The second-order valence-electron chi connectivity index (χ2n) is 7.71. The molecule has 1 amide bonds. The molecule has 2 fully saturated rings. The molecule has 0 radical (unpaired) electrons. The van der Waals surface area contributed by atoms with Gasteiger partial charge in [0.25, 0.3) is 5.91 Å². The van der Waals surface area contributed by atoms with Crippen LogP contribution in [-0.4, -0.2) is 54.8 Å². The van der Waals surface area contributed by atoms with Crippen molar-refractivity contribution in [3.63, 3.8) is 0 Å². The summed E-state index contributed by atoms with van der Waals surface area (Å²) >= 11 is 0. The van der Waals surface area contributed by atoms with Gasteiger partial charge in [-0.3, -0.25) is 4.79 Å². The maximum atomic E-state index is 13.3. The minimum absolute atomic E-state index is 0.0121. The number of methoxy groups -OCH3 is 1. The SMILES string of the molecule is COc1ccc(C2CCCN2C(=O)c2cc(S(=O)(=O)N3CCCC3)cn2C)cc1. The van der Waals surface area contributed by atoms with Crippen molar-refractivity contribution in [1.29, 1.82) is 0 Å². The third-order valence-electron chi connectivity index (χ3n) is 5.92. The summed E-state index contributed by atoms with van der Waals surface area (Å²) < 4.78 is 34.1. The van der Waals surface area contributed by atoms with Crippen molar-refractivity contribution >= 4 is 15.9 Å². The summed E-state index contributed by atoms with van der Waals surface area (Å²) in [7, 11) is -0.184. The Morgan fingerprint density at radius 3 is 2.41 bits per heavy atom. The largest absolute Gasteiger partial charge is 0.497 e. The molecular weight excluding hydrogens is 390 g/mol. The average molecular weight is 418 g/mol. The minimum Gasteiger partial charge on any atom is -0.497 e. The van der Waals surface area contributed by atoms with Crippen LogP contribution < -0.4 is 4.74 Å². The first kappa shape index (κ1) is 20.0. The summed E-state index contributed by atoms with van der Waals surface area (Å²) in [4.78, 5) is 15.4. The van der Waals surface area contributed by atoms with Gasteiger partial charge in [-0.15, -0.1) is 0 Å². The van der Waals surface area contributed by atoms with Crippen LogP contribution in [-0.2, 0) is 17.1 Å². The number of hydrogen-bond donors (Lipinski definition) is 0. The average Bonchev–Trinajstić information content (AvgIpc) is 3.47. The molecule has 29 heavy (non-hydrogen) atoms. The molecule has 0 spiro atoms. The van der Waals surface area contributed by atoms with Crippen molar-refractivity contribution in [1.82, 2.24) is 13.8 Å². The molecule has 2 aliphatic heterocycles. The number of sulfonamides is 1. The molecule has 156 valence electrons. The van der Waals surface area contributed by atoms with Crippen LogP contribution >= 0.6 is 0 Å². The Balaban J connectivity index is 1.59. The summed E-state index contributed by atoms with van der Waals surface area (Å²) in [5, 5.41) is 0. The Hall–Kier alpha value is -2.32. The van der Waals surface area contributed by atoms with Gasteiger partial charge in [-0.2, -0.15) is 4.31 Å². The van der Waals surface area contributed by atoms with Gasteiger partial charge >= 0.3 is 0 Å². The molecule has 0 aliphatic carbocycles. The molecule has 2 saturated heterocycles. The Labute approximate surface area is 171 Å². The van der Waals surface area contributed by atoms with Gasteiger partial charge < -0.3 is 14.2 Å². The van der Waals surface area contributed by atoms with E-state index in [1.54, 1.807) is 24.9 Å². The zero-order chi connectivity index (χ0) is 20.6. The van der Waals surface area contributed by atoms with Crippen molar-refractivity contribution < 1.29 is 17.9 Å². The van der Waals surface area contributed by atoms with Crippen LogP contribution in [0.25, 0.3) is 0 Å². The first-order chi connectivity index (χ1) is 13.9. The van der Waals surface area contributed by atoms with Gasteiger partial charge in [0.1, 0.15) is 16.3 Å². The third kappa shape index (κ3) is 3.67. The monoisotopic (exact) mass is 417 g/mol. The quantitative estimate of drug-likeness (QED) is 0.750. The normalized spacial score (nSPS) is 20.3. The van der Waals surface area contributed by atoms with Gasteiger partial charge in [0.2, 0.25) is 10.0 Å². The molecule has 1 aromatic carbocycles. The summed E-state index contributed by atoms with van der Waals surface area (Å²) in [5.74, 6) is 0.650. The lowest BCUT2D eigenvalue weighted by Crippen LogP contribution is -2.31. The number of aryl methyl sites for hydroxylation is 1. The maximum Gasteiger partial charge on any atom is 0.271 e. The first-order valence-corrected chi connectivity index (χ1v) is 11.5. The molecule has 0 N–H and O–H groups in total. The lowest BCUT2D eigenvalue weighted by Gasteiger charge is -2.25. The van der Waals surface area contributed by atoms with Crippen molar-refractivity contribution in [2.75, 3.05) is 26.7 Å². The van der Waals surface area contributed by atoms with Crippen molar-refractivity contribution in [3.8, 4) is 5.75 Å². The van der Waals surface area contributed by atoms with Crippen molar-refractivity contribution in [2.45, 2.75) is 36.6 Å². The molecule has 1 atom stereocenters. The Kier molecular flexibility index (Phi) is 5.40. The predicted molar refractivity (Wildman–Crippen MR) is 109 cm³/mol. The Morgan fingerprint density at radius 2 is 1.76 bits per heavy atom. The van der Waals surface area contributed by atoms with Crippen LogP contribution in [0.1, 0.15) is 47.8 Å². The van der Waals surface area contributed by atoms with Gasteiger partial charge in [0.15, 0.2) is 0 Å². The molecule has 0 bridgehead atoms. The van der Waals surface area contributed by atoms with Gasteiger partial charge in [0.05, 0.1) is 13.2 Å². The molecule has 7 nitrogen and oxygen atoms in total. The number of ether oxygens (including phenoxy) is 1. The van der Waals surface area contributed by atoms with E-state index in [9.17, 15) is 13.2 Å². The van der Waals surface area contributed by atoms with E-state index in [0.29, 0.717) is 25.3 Å². The number of amides is 1. The van der Waals surface area contributed by atoms with Crippen LogP contribution in [0.4, 0.5) is 0 Å². The highest BCUT2D eigenvalue weighted by atomic mass is 32.2. The lowest BCUT2D eigenvalue weighted by molar-refractivity contribution is 0.0726. The molecular formula is C21H27N3O4S. The fourth-order valence-electron chi connectivity index (χ4n) is 4.29. The van der Waals surface area contributed by atoms with Gasteiger partial charge in [-0.1, -0.05) is 12.1 Å². The van der Waals surface area contributed by atoms with Gasteiger partial charge in [-0.05, 0) is 49.4 Å². The standard InChI is InChI=1S/C21H27N3O4S/c1-22-15-18(29(26,27)23-11-3-4-12-23)14-20(22)21(25)24-13-5-6-19(24)16-7-9-17(28-2)10-8-16/h7-10,14-15,19H,3-6,11-13H2,1-2H3. The lowest BCUT2D eigenvalue weighted by atomic mass is 10.0. The van der Waals surface area contributed by atoms with Gasteiger partial charge in [-0.25, -0.2) is 8.42 Å². The van der Waals surface area contributed by atoms with E-state index in [2.05, 4.69) is 0 Å². The highest BCUT2D eigenvalue weighted by molar-refractivity contribution is 7.89. The van der Waals surface area contributed by atoms with Crippen LogP contribution in [0.3, 0.4) is 0 Å². The van der Waals surface area contributed by atoms with Crippen molar-refractivity contribution in [3.05, 3.63) is 47.8 Å². The number of benzene rings is 1. The fraction of sp³-hybridized carbons (Fsp3) is 0.476. The second-order valence-corrected chi connectivity index (χ2v) is 9.65. The van der Waals surface area contributed by atoms with Crippen LogP contribution in [0.2, 0.25) is 0 Å². The third-order valence-corrected chi connectivity index (χ3v) is 7.78. The number of nitrogens with zero attached hydrogens (tertiary/aromatic N) is 3. The molecule has 0 saturated carbocycles.